The number of hydrogen-bond donors (Lipinski definition) is 0. The van der Waals surface area contributed by atoms with E-state index >= 15 is 0 Å². The Morgan fingerprint density at radius 2 is 0.903 bits per heavy atom. The molecular weight excluding hydrogens is 476 g/mol. The minimum Gasteiger partial charge on any atom is -0.378 e. The second kappa shape index (κ2) is 24.8. The predicted molar refractivity (Wildman–Crippen MR) is 119 cm³/mol. The van der Waals surface area contributed by atoms with Gasteiger partial charge in [0.15, 0.2) is 6.29 Å². The second-order valence-corrected chi connectivity index (χ2v) is 7.44. The van der Waals surface area contributed by atoms with Gasteiger partial charge in [0, 0.05) is 11.9 Å². The summed E-state index contributed by atoms with van der Waals surface area (Å²) in [6.07, 6.45) is 3.23. The average molecular weight is 517 g/mol. The summed E-state index contributed by atoms with van der Waals surface area (Å²) >= 11 is 3.30. The topological polar surface area (TPSA) is 83.1 Å². The third-order valence-electron chi connectivity index (χ3n) is 4.12. The van der Waals surface area contributed by atoms with E-state index in [1.165, 1.54) is 6.42 Å². The Kier molecular flexibility index (Phi) is 23.3. The van der Waals surface area contributed by atoms with E-state index in [2.05, 4.69) is 15.9 Å². The van der Waals surface area contributed by atoms with Crippen molar-refractivity contribution in [2.45, 2.75) is 25.6 Å². The predicted octanol–water partition coefficient (Wildman–Crippen LogP) is 2.04. The van der Waals surface area contributed by atoms with E-state index in [0.29, 0.717) is 99.1 Å². The summed E-state index contributed by atoms with van der Waals surface area (Å²) in [6, 6.07) is 0. The maximum Gasteiger partial charge on any atom is 0.157 e. The summed E-state index contributed by atoms with van der Waals surface area (Å²) in [5, 5.41) is 0.845. The molecule has 1 rings (SSSR count). The van der Waals surface area contributed by atoms with Crippen LogP contribution in [0.15, 0.2) is 0 Å². The van der Waals surface area contributed by atoms with Gasteiger partial charge >= 0.3 is 0 Å². The van der Waals surface area contributed by atoms with Crippen molar-refractivity contribution in [1.82, 2.24) is 0 Å². The molecule has 0 amide bonds. The minimum absolute atomic E-state index is 0.0542. The standard InChI is InChI=1S/C21H41BrO9/c22-4-6-23-7-8-24-9-10-25-11-12-26-13-14-27-15-16-28-17-18-29-19-20-31-21-3-1-2-5-30-21/h21H,1-20H2. The highest BCUT2D eigenvalue weighted by atomic mass is 79.9. The molecule has 0 spiro atoms. The van der Waals surface area contributed by atoms with Gasteiger partial charge in [0.25, 0.3) is 0 Å². The molecule has 9 nitrogen and oxygen atoms in total. The Bertz CT molecular complexity index is 347. The fraction of sp³-hybridized carbons (Fsp3) is 1.00. The first-order valence-corrected chi connectivity index (χ1v) is 12.4. The van der Waals surface area contributed by atoms with Crippen molar-refractivity contribution in [3.63, 3.8) is 0 Å². The van der Waals surface area contributed by atoms with Crippen molar-refractivity contribution >= 4 is 15.9 Å². The van der Waals surface area contributed by atoms with Crippen LogP contribution in [-0.2, 0) is 42.6 Å². The molecule has 1 fully saturated rings. The van der Waals surface area contributed by atoms with Crippen LogP contribution in [0.25, 0.3) is 0 Å². The van der Waals surface area contributed by atoms with E-state index in [1.54, 1.807) is 0 Å². The summed E-state index contributed by atoms with van der Waals surface area (Å²) in [5.74, 6) is 0. The van der Waals surface area contributed by atoms with E-state index in [1.807, 2.05) is 0 Å². The van der Waals surface area contributed by atoms with Gasteiger partial charge in [-0.25, -0.2) is 0 Å². The van der Waals surface area contributed by atoms with E-state index < -0.39 is 0 Å². The van der Waals surface area contributed by atoms with Gasteiger partial charge in [-0.15, -0.1) is 0 Å². The van der Waals surface area contributed by atoms with Crippen molar-refractivity contribution in [3.05, 3.63) is 0 Å². The van der Waals surface area contributed by atoms with E-state index in [-0.39, 0.29) is 6.29 Å². The lowest BCUT2D eigenvalue weighted by atomic mass is 10.2. The van der Waals surface area contributed by atoms with Crippen molar-refractivity contribution in [2.24, 2.45) is 0 Å². The quantitative estimate of drug-likeness (QED) is 0.141. The van der Waals surface area contributed by atoms with Crippen LogP contribution in [0.3, 0.4) is 0 Å². The molecule has 0 saturated carbocycles. The number of halogens is 1. The molecule has 0 N–H and O–H groups in total. The van der Waals surface area contributed by atoms with Gasteiger partial charge in [-0.1, -0.05) is 15.9 Å². The molecule has 1 aliphatic rings. The van der Waals surface area contributed by atoms with Gasteiger partial charge in [-0.2, -0.15) is 0 Å². The molecule has 1 aliphatic heterocycles. The van der Waals surface area contributed by atoms with Crippen LogP contribution in [0.4, 0.5) is 0 Å². The fourth-order valence-electron chi connectivity index (χ4n) is 2.56. The Labute approximate surface area is 195 Å². The number of rotatable bonds is 24. The van der Waals surface area contributed by atoms with Gasteiger partial charge in [0.1, 0.15) is 0 Å². The molecule has 1 atom stereocenters. The second-order valence-electron chi connectivity index (χ2n) is 6.64. The Morgan fingerprint density at radius 1 is 0.516 bits per heavy atom. The lowest BCUT2D eigenvalue weighted by Crippen LogP contribution is -2.24. The zero-order valence-corrected chi connectivity index (χ0v) is 20.4. The first-order valence-electron chi connectivity index (χ1n) is 11.3. The highest BCUT2D eigenvalue weighted by Gasteiger charge is 2.13. The van der Waals surface area contributed by atoms with Gasteiger partial charge in [-0.3, -0.25) is 0 Å². The third kappa shape index (κ3) is 21.7. The Balaban J connectivity index is 1.62. The molecule has 1 saturated heterocycles. The molecule has 10 heteroatoms. The summed E-state index contributed by atoms with van der Waals surface area (Å²) < 4.78 is 48.9. The molecule has 1 heterocycles. The van der Waals surface area contributed by atoms with Gasteiger partial charge in [-0.05, 0) is 19.3 Å². The molecule has 0 aromatic rings. The van der Waals surface area contributed by atoms with Crippen LogP contribution in [-0.4, -0.2) is 117 Å². The SMILES string of the molecule is BrCCOCCOCCOCCOCCOCCOCCOCCOC1CCCCO1. The molecule has 0 aliphatic carbocycles. The van der Waals surface area contributed by atoms with E-state index in [4.69, 9.17) is 42.6 Å². The number of hydrogen-bond acceptors (Lipinski definition) is 9. The van der Waals surface area contributed by atoms with Crippen molar-refractivity contribution in [3.8, 4) is 0 Å². The van der Waals surface area contributed by atoms with Crippen molar-refractivity contribution in [1.29, 1.82) is 0 Å². The Hall–Kier alpha value is 0.120. The molecule has 1 unspecified atom stereocenters. The van der Waals surface area contributed by atoms with Crippen LogP contribution in [0.5, 0.6) is 0 Å². The van der Waals surface area contributed by atoms with Crippen LogP contribution >= 0.6 is 15.9 Å². The first-order chi connectivity index (χ1) is 15.4. The molecule has 186 valence electrons. The van der Waals surface area contributed by atoms with Crippen LogP contribution in [0, 0.1) is 0 Å². The lowest BCUT2D eigenvalue weighted by molar-refractivity contribution is -0.169. The zero-order chi connectivity index (χ0) is 22.1. The van der Waals surface area contributed by atoms with Gasteiger partial charge in [0.05, 0.1) is 99.1 Å². The average Bonchev–Trinajstić information content (AvgIpc) is 2.80. The van der Waals surface area contributed by atoms with Gasteiger partial charge < -0.3 is 42.6 Å². The minimum atomic E-state index is -0.0542. The van der Waals surface area contributed by atoms with Crippen LogP contribution < -0.4 is 0 Å². The molecule has 0 aromatic carbocycles. The normalized spacial score (nSPS) is 16.7. The van der Waals surface area contributed by atoms with E-state index in [9.17, 15) is 0 Å². The fourth-order valence-corrected chi connectivity index (χ4v) is 2.79. The molecule has 0 aromatic heterocycles. The van der Waals surface area contributed by atoms with Crippen LogP contribution in [0.2, 0.25) is 0 Å². The third-order valence-corrected chi connectivity index (χ3v) is 4.45. The van der Waals surface area contributed by atoms with Crippen molar-refractivity contribution in [2.75, 3.05) is 111 Å². The summed E-state index contributed by atoms with van der Waals surface area (Å²) in [6.45, 7) is 9.28. The largest absolute Gasteiger partial charge is 0.378 e. The highest BCUT2D eigenvalue weighted by Crippen LogP contribution is 2.13. The number of ether oxygens (including phenoxy) is 9. The molecule has 0 radical (unpaired) electrons. The zero-order valence-electron chi connectivity index (χ0n) is 18.8. The van der Waals surface area contributed by atoms with E-state index in [0.717, 1.165) is 24.8 Å². The maximum atomic E-state index is 5.59. The molecule has 0 bridgehead atoms. The highest BCUT2D eigenvalue weighted by molar-refractivity contribution is 9.09. The smallest absolute Gasteiger partial charge is 0.157 e. The lowest BCUT2D eigenvalue weighted by Gasteiger charge is -2.22. The molecular formula is C21H41BrO9. The Morgan fingerprint density at radius 3 is 1.26 bits per heavy atom. The van der Waals surface area contributed by atoms with Gasteiger partial charge in [0.2, 0.25) is 0 Å². The maximum absolute atomic E-state index is 5.59. The first kappa shape index (κ1) is 29.2. The number of alkyl halides is 1. The van der Waals surface area contributed by atoms with Crippen LogP contribution in [0.1, 0.15) is 19.3 Å². The summed E-state index contributed by atoms with van der Waals surface area (Å²) in [7, 11) is 0. The summed E-state index contributed by atoms with van der Waals surface area (Å²) in [5.41, 5.74) is 0. The molecule has 31 heavy (non-hydrogen) atoms. The monoisotopic (exact) mass is 516 g/mol. The van der Waals surface area contributed by atoms with Crippen molar-refractivity contribution < 1.29 is 42.6 Å². The summed E-state index contributed by atoms with van der Waals surface area (Å²) in [4.78, 5) is 0.